The molecule has 0 aliphatic heterocycles. The Morgan fingerprint density at radius 3 is 2.44 bits per heavy atom. The van der Waals surface area contributed by atoms with Gasteiger partial charge in [-0.3, -0.25) is 0 Å². The molecule has 1 aromatic heterocycles. The van der Waals surface area contributed by atoms with E-state index >= 15 is 0 Å². The van der Waals surface area contributed by atoms with Crippen LogP contribution in [0.3, 0.4) is 0 Å². The van der Waals surface area contributed by atoms with Gasteiger partial charge < -0.3 is 0 Å². The fourth-order valence-corrected chi connectivity index (χ4v) is 3.80. The molecule has 1 saturated carbocycles. The topological polar surface area (TPSA) is 25.8 Å². The summed E-state index contributed by atoms with van der Waals surface area (Å²) in [5.41, 5.74) is 6.51. The Hall–Kier alpha value is -1.70. The zero-order valence-electron chi connectivity index (χ0n) is 10.6. The molecule has 2 aliphatic rings. The van der Waals surface area contributed by atoms with Crippen LogP contribution in [0.5, 0.6) is 0 Å². The molecule has 18 heavy (non-hydrogen) atoms. The molecule has 0 amide bonds. The van der Waals surface area contributed by atoms with E-state index in [9.17, 15) is 0 Å². The first-order chi connectivity index (χ1) is 8.84. The molecule has 0 saturated heterocycles. The van der Waals surface area contributed by atoms with Gasteiger partial charge in [0.15, 0.2) is 0 Å². The predicted molar refractivity (Wildman–Crippen MR) is 71.5 cm³/mol. The third-order valence-corrected chi connectivity index (χ3v) is 4.53. The lowest BCUT2D eigenvalue weighted by Gasteiger charge is -2.19. The summed E-state index contributed by atoms with van der Waals surface area (Å²) in [5, 5.41) is 8.88. The van der Waals surface area contributed by atoms with Crippen molar-refractivity contribution in [3.05, 3.63) is 47.2 Å². The summed E-state index contributed by atoms with van der Waals surface area (Å²) in [7, 11) is 0. The van der Waals surface area contributed by atoms with Gasteiger partial charge in [-0.15, -0.1) is 5.10 Å². The van der Waals surface area contributed by atoms with E-state index in [2.05, 4.69) is 47.5 Å². The van der Waals surface area contributed by atoms with Crippen molar-refractivity contribution in [3.8, 4) is 11.3 Å². The zero-order chi connectivity index (χ0) is 12.1. The Kier molecular flexibility index (Phi) is 2.07. The van der Waals surface area contributed by atoms with E-state index in [1.54, 1.807) is 0 Å². The predicted octanol–water partition coefficient (Wildman–Crippen LogP) is 3.82. The van der Waals surface area contributed by atoms with Crippen molar-refractivity contribution in [1.29, 1.82) is 0 Å². The lowest BCUT2D eigenvalue weighted by Crippen LogP contribution is -2.07. The summed E-state index contributed by atoms with van der Waals surface area (Å²) in [6.45, 7) is 2.11. The highest BCUT2D eigenvalue weighted by molar-refractivity contribution is 5.67. The van der Waals surface area contributed by atoms with Gasteiger partial charge >= 0.3 is 0 Å². The molecule has 2 aromatic rings. The minimum Gasteiger partial charge on any atom is -0.155 e. The normalized spacial score (nSPS) is 24.3. The number of hydrogen-bond donors (Lipinski definition) is 0. The molecule has 0 N–H and O–H groups in total. The van der Waals surface area contributed by atoms with Crippen LogP contribution in [0.1, 0.15) is 47.9 Å². The van der Waals surface area contributed by atoms with Crippen LogP contribution >= 0.6 is 0 Å². The van der Waals surface area contributed by atoms with E-state index in [0.29, 0.717) is 0 Å². The second-order valence-electron chi connectivity index (χ2n) is 5.53. The standard InChI is InChI=1S/C16H16N2/c1-10-14-12-7-8-13(9-12)15(14)16(18-17-10)11-5-3-2-4-6-11/h2-6,12-13H,7-9H2,1H3. The molecule has 1 aromatic carbocycles. The Balaban J connectivity index is 1.97. The molecular formula is C16H16N2. The minimum absolute atomic E-state index is 0.731. The average Bonchev–Trinajstić information content (AvgIpc) is 3.02. The number of nitrogens with zero attached hydrogens (tertiary/aromatic N) is 2. The molecule has 4 rings (SSSR count). The van der Waals surface area contributed by atoms with E-state index in [1.165, 1.54) is 36.0 Å². The molecule has 1 heterocycles. The maximum absolute atomic E-state index is 4.49. The van der Waals surface area contributed by atoms with Crippen LogP contribution in [0.2, 0.25) is 0 Å². The van der Waals surface area contributed by atoms with Crippen molar-refractivity contribution in [2.75, 3.05) is 0 Å². The van der Waals surface area contributed by atoms with Crippen LogP contribution in [0, 0.1) is 6.92 Å². The lowest BCUT2D eigenvalue weighted by molar-refractivity contribution is 0.699. The Morgan fingerprint density at radius 2 is 1.67 bits per heavy atom. The summed E-state index contributed by atoms with van der Waals surface area (Å²) < 4.78 is 0. The molecule has 0 spiro atoms. The van der Waals surface area contributed by atoms with Gasteiger partial charge in [-0.25, -0.2) is 0 Å². The quantitative estimate of drug-likeness (QED) is 0.752. The van der Waals surface area contributed by atoms with Gasteiger partial charge in [-0.05, 0) is 49.1 Å². The van der Waals surface area contributed by atoms with Gasteiger partial charge in [0.25, 0.3) is 0 Å². The van der Waals surface area contributed by atoms with E-state index < -0.39 is 0 Å². The number of aromatic nitrogens is 2. The fourth-order valence-electron chi connectivity index (χ4n) is 3.80. The largest absolute Gasteiger partial charge is 0.155 e. The van der Waals surface area contributed by atoms with E-state index in [1.807, 2.05) is 0 Å². The van der Waals surface area contributed by atoms with Gasteiger partial charge in [-0.2, -0.15) is 5.10 Å². The number of benzene rings is 1. The first-order valence-corrected chi connectivity index (χ1v) is 6.77. The Bertz CT molecular complexity index is 604. The second kappa shape index (κ2) is 3.64. The highest BCUT2D eigenvalue weighted by Gasteiger charge is 2.40. The third-order valence-electron chi connectivity index (χ3n) is 4.53. The van der Waals surface area contributed by atoms with Crippen LogP contribution in [0.15, 0.2) is 30.3 Å². The van der Waals surface area contributed by atoms with E-state index in [4.69, 9.17) is 0 Å². The smallest absolute Gasteiger partial charge is 0.0967 e. The van der Waals surface area contributed by atoms with Gasteiger partial charge in [0.1, 0.15) is 0 Å². The first-order valence-electron chi connectivity index (χ1n) is 6.77. The van der Waals surface area contributed by atoms with Gasteiger partial charge in [-0.1, -0.05) is 30.3 Å². The van der Waals surface area contributed by atoms with Crippen LogP contribution in [-0.4, -0.2) is 10.2 Å². The Labute approximate surface area is 107 Å². The summed E-state index contributed by atoms with van der Waals surface area (Å²) in [4.78, 5) is 0. The van der Waals surface area contributed by atoms with Crippen LogP contribution in [0.4, 0.5) is 0 Å². The van der Waals surface area contributed by atoms with Crippen molar-refractivity contribution in [2.24, 2.45) is 0 Å². The summed E-state index contributed by atoms with van der Waals surface area (Å²) in [6, 6.07) is 10.5. The van der Waals surface area contributed by atoms with Crippen molar-refractivity contribution in [2.45, 2.75) is 38.0 Å². The Morgan fingerprint density at radius 1 is 0.944 bits per heavy atom. The summed E-state index contributed by atoms with van der Waals surface area (Å²) >= 11 is 0. The van der Waals surface area contributed by atoms with E-state index in [0.717, 1.165) is 23.2 Å². The maximum Gasteiger partial charge on any atom is 0.0967 e. The summed E-state index contributed by atoms with van der Waals surface area (Å²) in [6.07, 6.45) is 4.00. The molecule has 2 heteroatoms. The molecule has 2 bridgehead atoms. The molecule has 1 fully saturated rings. The average molecular weight is 236 g/mol. The van der Waals surface area contributed by atoms with Crippen molar-refractivity contribution in [1.82, 2.24) is 10.2 Å². The van der Waals surface area contributed by atoms with E-state index in [-0.39, 0.29) is 0 Å². The van der Waals surface area contributed by atoms with Crippen molar-refractivity contribution < 1.29 is 0 Å². The molecule has 0 radical (unpaired) electrons. The molecule has 2 atom stereocenters. The fraction of sp³-hybridized carbons (Fsp3) is 0.375. The van der Waals surface area contributed by atoms with Gasteiger partial charge in [0.2, 0.25) is 0 Å². The molecule has 2 unspecified atom stereocenters. The number of rotatable bonds is 1. The monoisotopic (exact) mass is 236 g/mol. The second-order valence-corrected chi connectivity index (χ2v) is 5.53. The minimum atomic E-state index is 0.731. The number of fused-ring (bicyclic) bond motifs is 5. The highest BCUT2D eigenvalue weighted by Crippen LogP contribution is 2.55. The summed E-state index contributed by atoms with van der Waals surface area (Å²) in [5.74, 6) is 1.48. The van der Waals surface area contributed by atoms with Crippen molar-refractivity contribution in [3.63, 3.8) is 0 Å². The van der Waals surface area contributed by atoms with Crippen LogP contribution in [0.25, 0.3) is 11.3 Å². The lowest BCUT2D eigenvalue weighted by atomic mass is 9.88. The van der Waals surface area contributed by atoms with Gasteiger partial charge in [0, 0.05) is 5.56 Å². The number of hydrogen-bond acceptors (Lipinski definition) is 2. The van der Waals surface area contributed by atoms with Crippen molar-refractivity contribution >= 4 is 0 Å². The van der Waals surface area contributed by atoms with Gasteiger partial charge in [0.05, 0.1) is 11.4 Å². The molecule has 2 nitrogen and oxygen atoms in total. The molecule has 90 valence electrons. The van der Waals surface area contributed by atoms with Crippen LogP contribution in [-0.2, 0) is 0 Å². The SMILES string of the molecule is Cc1nnc(-c2ccccc2)c2c1C1CCC2C1. The molecule has 2 aliphatic carbocycles. The highest BCUT2D eigenvalue weighted by atomic mass is 15.1. The maximum atomic E-state index is 4.49. The number of aryl methyl sites for hydroxylation is 1. The zero-order valence-corrected chi connectivity index (χ0v) is 10.6. The molecular weight excluding hydrogens is 220 g/mol. The van der Waals surface area contributed by atoms with Crippen LogP contribution < -0.4 is 0 Å². The first kappa shape index (κ1) is 10.2. The third kappa shape index (κ3) is 1.29.